The van der Waals surface area contributed by atoms with Crippen molar-refractivity contribution in [2.45, 2.75) is 43.9 Å². The molecule has 0 atom stereocenters. The molecule has 0 aliphatic heterocycles. The number of halogens is 4. The van der Waals surface area contributed by atoms with Gasteiger partial charge in [0.05, 0.1) is 11.1 Å². The van der Waals surface area contributed by atoms with Gasteiger partial charge in [-0.25, -0.2) is 19.2 Å². The second-order valence-corrected chi connectivity index (χ2v) is 10.2. The molecule has 4 aromatic rings. The molecule has 5 rings (SSSR count). The number of fused-ring (bicyclic) bond motifs is 1. The standard InChI is InChI=1S/C28H29FN6O2.C2HF3O2/c1-35(2)26-23-8-3-4-9-24(23)33-28(34-26)32-21-13-11-20(12-14-21)31-27(36)18-10-15-25(30-17-18)37-22-7-5-6-19(29)16-22;3-2(4,5)1(6)7/h3-10,15-17,20-21H,11-14H2,1-2H3,(H,31,36)(H,32,33,34);(H,6,7)/t20-,21+;. The molecule has 0 spiro atoms. The third-order valence-electron chi connectivity index (χ3n) is 6.66. The lowest BCUT2D eigenvalue weighted by molar-refractivity contribution is -0.192. The van der Waals surface area contributed by atoms with Gasteiger partial charge in [-0.05, 0) is 56.0 Å². The second kappa shape index (κ2) is 14.0. The van der Waals surface area contributed by atoms with E-state index >= 15 is 0 Å². The van der Waals surface area contributed by atoms with Gasteiger partial charge < -0.3 is 25.4 Å². The van der Waals surface area contributed by atoms with Crippen molar-refractivity contribution in [2.24, 2.45) is 0 Å². The Labute approximate surface area is 250 Å². The molecule has 44 heavy (non-hydrogen) atoms. The Kier molecular flexibility index (Phi) is 10.1. The molecule has 2 aromatic carbocycles. The fraction of sp³-hybridized carbons (Fsp3) is 0.300. The lowest BCUT2D eigenvalue weighted by atomic mass is 9.91. The number of anilines is 2. The minimum absolute atomic E-state index is 0.0867. The number of aliphatic carboxylic acids is 1. The molecule has 1 aliphatic rings. The Morgan fingerprint density at radius 1 is 0.955 bits per heavy atom. The van der Waals surface area contributed by atoms with E-state index in [1.54, 1.807) is 24.3 Å². The van der Waals surface area contributed by atoms with Crippen LogP contribution in [-0.2, 0) is 4.79 Å². The SMILES string of the molecule is CN(C)c1nc(N[C@H]2CC[C@@H](NC(=O)c3ccc(Oc4cccc(F)c4)nc3)CC2)nc2ccccc12.O=C(O)C(F)(F)F. The van der Waals surface area contributed by atoms with E-state index in [0.29, 0.717) is 23.1 Å². The summed E-state index contributed by atoms with van der Waals surface area (Å²) in [7, 11) is 3.96. The lowest BCUT2D eigenvalue weighted by Crippen LogP contribution is -2.40. The van der Waals surface area contributed by atoms with Crippen LogP contribution < -0.4 is 20.3 Å². The molecule has 10 nitrogen and oxygen atoms in total. The smallest absolute Gasteiger partial charge is 0.475 e. The number of nitrogens with one attached hydrogen (secondary N) is 2. The Balaban J connectivity index is 0.000000566. The summed E-state index contributed by atoms with van der Waals surface area (Å²) in [5.41, 5.74) is 1.36. The number of nitrogens with zero attached hydrogens (tertiary/aromatic N) is 4. The highest BCUT2D eigenvalue weighted by Crippen LogP contribution is 2.27. The van der Waals surface area contributed by atoms with Gasteiger partial charge in [0.1, 0.15) is 17.4 Å². The Bertz CT molecular complexity index is 1590. The molecule has 3 N–H and O–H groups in total. The number of para-hydroxylation sites is 1. The number of hydrogen-bond donors (Lipinski definition) is 3. The summed E-state index contributed by atoms with van der Waals surface area (Å²) < 4.78 is 50.6. The van der Waals surface area contributed by atoms with E-state index in [0.717, 1.165) is 42.4 Å². The number of carboxylic acid groups (broad SMARTS) is 1. The average Bonchev–Trinajstić information content (AvgIpc) is 2.98. The molecular formula is C30H30F4N6O4. The van der Waals surface area contributed by atoms with Crippen molar-refractivity contribution in [3.05, 3.63) is 78.2 Å². The van der Waals surface area contributed by atoms with Crippen LogP contribution in [0.1, 0.15) is 36.0 Å². The topological polar surface area (TPSA) is 130 Å². The number of pyridine rings is 1. The summed E-state index contributed by atoms with van der Waals surface area (Å²) in [5.74, 6) is -1.16. The van der Waals surface area contributed by atoms with E-state index in [2.05, 4.69) is 15.6 Å². The van der Waals surface area contributed by atoms with Crippen molar-refractivity contribution < 1.29 is 37.0 Å². The van der Waals surface area contributed by atoms with Gasteiger partial charge in [-0.2, -0.15) is 18.2 Å². The number of carbonyl (C=O) groups excluding carboxylic acids is 1. The van der Waals surface area contributed by atoms with Crippen LogP contribution in [0.3, 0.4) is 0 Å². The highest BCUT2D eigenvalue weighted by molar-refractivity contribution is 5.94. The quantitative estimate of drug-likeness (QED) is 0.221. The highest BCUT2D eigenvalue weighted by atomic mass is 19.4. The van der Waals surface area contributed by atoms with Gasteiger partial charge in [-0.15, -0.1) is 0 Å². The maximum absolute atomic E-state index is 13.3. The fourth-order valence-electron chi connectivity index (χ4n) is 4.52. The minimum Gasteiger partial charge on any atom is -0.475 e. The molecule has 2 aromatic heterocycles. The number of benzene rings is 2. The largest absolute Gasteiger partial charge is 0.490 e. The molecule has 1 fully saturated rings. The van der Waals surface area contributed by atoms with E-state index in [9.17, 15) is 22.4 Å². The molecule has 232 valence electrons. The number of ether oxygens (including phenoxy) is 1. The summed E-state index contributed by atoms with van der Waals surface area (Å²) in [6.45, 7) is 0. The number of amides is 1. The van der Waals surface area contributed by atoms with Crippen molar-refractivity contribution in [2.75, 3.05) is 24.3 Å². The normalized spacial score (nSPS) is 16.3. The van der Waals surface area contributed by atoms with Crippen LogP contribution in [0.15, 0.2) is 66.9 Å². The van der Waals surface area contributed by atoms with Gasteiger partial charge in [-0.3, -0.25) is 4.79 Å². The monoisotopic (exact) mass is 614 g/mol. The van der Waals surface area contributed by atoms with Crippen LogP contribution >= 0.6 is 0 Å². The zero-order valence-corrected chi connectivity index (χ0v) is 23.8. The minimum atomic E-state index is -5.08. The number of alkyl halides is 3. The first-order valence-corrected chi connectivity index (χ1v) is 13.6. The lowest BCUT2D eigenvalue weighted by Gasteiger charge is -2.30. The van der Waals surface area contributed by atoms with Crippen LogP contribution in [0.4, 0.5) is 29.3 Å². The molecule has 0 radical (unpaired) electrons. The maximum Gasteiger partial charge on any atom is 0.490 e. The molecule has 2 heterocycles. The van der Waals surface area contributed by atoms with Crippen molar-refractivity contribution in [3.8, 4) is 11.6 Å². The summed E-state index contributed by atoms with van der Waals surface area (Å²) in [6.07, 6.45) is -0.109. The summed E-state index contributed by atoms with van der Waals surface area (Å²) in [5, 5.41) is 14.7. The number of rotatable bonds is 7. The van der Waals surface area contributed by atoms with Crippen molar-refractivity contribution >= 4 is 34.5 Å². The predicted molar refractivity (Wildman–Crippen MR) is 155 cm³/mol. The molecule has 14 heteroatoms. The van der Waals surface area contributed by atoms with E-state index in [1.807, 2.05) is 43.3 Å². The van der Waals surface area contributed by atoms with E-state index in [1.165, 1.54) is 18.3 Å². The van der Waals surface area contributed by atoms with Crippen LogP contribution in [0.2, 0.25) is 0 Å². The highest BCUT2D eigenvalue weighted by Gasteiger charge is 2.38. The zero-order chi connectivity index (χ0) is 31.9. The Morgan fingerprint density at radius 2 is 1.64 bits per heavy atom. The van der Waals surface area contributed by atoms with Crippen molar-refractivity contribution in [1.82, 2.24) is 20.3 Å². The zero-order valence-electron chi connectivity index (χ0n) is 23.8. The predicted octanol–water partition coefficient (Wildman–Crippen LogP) is 5.81. The summed E-state index contributed by atoms with van der Waals surface area (Å²) in [4.78, 5) is 37.3. The molecule has 1 amide bonds. The Morgan fingerprint density at radius 3 is 2.25 bits per heavy atom. The van der Waals surface area contributed by atoms with Gasteiger partial charge in [0, 0.05) is 49.9 Å². The van der Waals surface area contributed by atoms with Gasteiger partial charge in [0.25, 0.3) is 5.91 Å². The maximum atomic E-state index is 13.3. The molecule has 0 saturated heterocycles. The number of hydrogen-bond acceptors (Lipinski definition) is 8. The van der Waals surface area contributed by atoms with Gasteiger partial charge in [0.15, 0.2) is 0 Å². The third-order valence-corrected chi connectivity index (χ3v) is 6.66. The third kappa shape index (κ3) is 8.75. The van der Waals surface area contributed by atoms with Gasteiger partial charge in [0.2, 0.25) is 11.8 Å². The first-order chi connectivity index (χ1) is 20.9. The molecular weight excluding hydrogens is 584 g/mol. The molecule has 1 aliphatic carbocycles. The first kappa shape index (κ1) is 31.9. The van der Waals surface area contributed by atoms with Crippen LogP contribution in [-0.4, -0.2) is 64.3 Å². The molecule has 0 unspecified atom stereocenters. The first-order valence-electron chi connectivity index (χ1n) is 13.6. The van der Waals surface area contributed by atoms with E-state index < -0.39 is 12.1 Å². The number of aromatic nitrogens is 3. The van der Waals surface area contributed by atoms with Gasteiger partial charge >= 0.3 is 12.1 Å². The van der Waals surface area contributed by atoms with Crippen molar-refractivity contribution in [1.29, 1.82) is 0 Å². The second-order valence-electron chi connectivity index (χ2n) is 10.2. The fourth-order valence-corrected chi connectivity index (χ4v) is 4.52. The number of carboxylic acids is 1. The van der Waals surface area contributed by atoms with E-state index in [-0.39, 0.29) is 23.8 Å². The summed E-state index contributed by atoms with van der Waals surface area (Å²) in [6, 6.07) is 17.4. The summed E-state index contributed by atoms with van der Waals surface area (Å²) >= 11 is 0. The molecule has 0 bridgehead atoms. The molecule has 1 saturated carbocycles. The van der Waals surface area contributed by atoms with Crippen LogP contribution in [0.5, 0.6) is 11.6 Å². The Hall–Kier alpha value is -5.01. The van der Waals surface area contributed by atoms with Crippen LogP contribution in [0, 0.1) is 5.82 Å². The average molecular weight is 615 g/mol. The number of carbonyl (C=O) groups is 2. The van der Waals surface area contributed by atoms with Crippen LogP contribution in [0.25, 0.3) is 10.9 Å². The van der Waals surface area contributed by atoms with E-state index in [4.69, 9.17) is 24.6 Å². The van der Waals surface area contributed by atoms with Crippen molar-refractivity contribution in [3.63, 3.8) is 0 Å². The van der Waals surface area contributed by atoms with Gasteiger partial charge in [-0.1, -0.05) is 18.2 Å².